The Morgan fingerprint density at radius 3 is 1.79 bits per heavy atom. The Hall–Kier alpha value is -0.483. The molecular formula is C9H10ClF3Si. The molecule has 0 amide bonds. The van der Waals surface area contributed by atoms with Crippen LogP contribution in [-0.4, -0.2) is 7.38 Å². The van der Waals surface area contributed by atoms with Gasteiger partial charge in [0.1, 0.15) is 0 Å². The standard InChI is InChI=1S/C9H10ClF3Si/c1-14(2,10)8-5-3-7(4-6-8)9(11,12)13/h3-6H,1-2H3. The van der Waals surface area contributed by atoms with Gasteiger partial charge in [-0.05, 0) is 5.19 Å². The molecule has 0 bridgehead atoms. The molecule has 0 spiro atoms. The topological polar surface area (TPSA) is 0 Å². The van der Waals surface area contributed by atoms with Crippen LogP contribution in [-0.2, 0) is 6.18 Å². The minimum Gasteiger partial charge on any atom is -0.166 e. The maximum absolute atomic E-state index is 12.2. The second kappa shape index (κ2) is 3.59. The first-order chi connectivity index (χ1) is 6.21. The lowest BCUT2D eigenvalue weighted by Crippen LogP contribution is -2.34. The third-order valence-electron chi connectivity index (χ3n) is 1.90. The van der Waals surface area contributed by atoms with E-state index in [1.54, 1.807) is 0 Å². The van der Waals surface area contributed by atoms with Gasteiger partial charge in [-0.25, -0.2) is 0 Å². The Labute approximate surface area is 86.4 Å². The van der Waals surface area contributed by atoms with Gasteiger partial charge in [0, 0.05) is 0 Å². The molecule has 0 aromatic heterocycles. The second-order valence-corrected chi connectivity index (χ2v) is 9.90. The molecule has 0 N–H and O–H groups in total. The average molecular weight is 239 g/mol. The van der Waals surface area contributed by atoms with Crippen molar-refractivity contribution < 1.29 is 13.2 Å². The summed E-state index contributed by atoms with van der Waals surface area (Å²) in [4.78, 5) is 0. The van der Waals surface area contributed by atoms with E-state index in [1.807, 2.05) is 13.1 Å². The number of alkyl halides is 3. The van der Waals surface area contributed by atoms with E-state index in [2.05, 4.69) is 0 Å². The van der Waals surface area contributed by atoms with Gasteiger partial charge in [0.2, 0.25) is 0 Å². The highest BCUT2D eigenvalue weighted by Gasteiger charge is 2.30. The van der Waals surface area contributed by atoms with Gasteiger partial charge >= 0.3 is 6.18 Å². The molecule has 0 heterocycles. The van der Waals surface area contributed by atoms with Crippen molar-refractivity contribution in [2.45, 2.75) is 19.3 Å². The van der Waals surface area contributed by atoms with Crippen molar-refractivity contribution in [1.82, 2.24) is 0 Å². The number of benzene rings is 1. The summed E-state index contributed by atoms with van der Waals surface area (Å²) in [6.07, 6.45) is -4.27. The molecule has 14 heavy (non-hydrogen) atoms. The summed E-state index contributed by atoms with van der Waals surface area (Å²) in [5.41, 5.74) is -0.629. The predicted molar refractivity (Wildman–Crippen MR) is 54.4 cm³/mol. The van der Waals surface area contributed by atoms with Crippen LogP contribution in [0.5, 0.6) is 0 Å². The fraction of sp³-hybridized carbons (Fsp3) is 0.333. The highest BCUT2D eigenvalue weighted by Crippen LogP contribution is 2.28. The number of hydrogen-bond acceptors (Lipinski definition) is 0. The van der Waals surface area contributed by atoms with Crippen molar-refractivity contribution in [3.05, 3.63) is 29.8 Å². The monoisotopic (exact) mass is 238 g/mol. The molecule has 1 aromatic carbocycles. The summed E-state index contributed by atoms with van der Waals surface area (Å²) in [7, 11) is -2.01. The minimum atomic E-state index is -4.27. The van der Waals surface area contributed by atoms with E-state index in [4.69, 9.17) is 11.1 Å². The van der Waals surface area contributed by atoms with Crippen LogP contribution in [0.2, 0.25) is 13.1 Å². The third-order valence-corrected chi connectivity index (χ3v) is 4.26. The summed E-state index contributed by atoms with van der Waals surface area (Å²) >= 11 is 6.08. The van der Waals surface area contributed by atoms with Crippen LogP contribution in [0.4, 0.5) is 13.2 Å². The molecule has 1 aromatic rings. The van der Waals surface area contributed by atoms with Crippen molar-refractivity contribution in [2.75, 3.05) is 0 Å². The van der Waals surface area contributed by atoms with E-state index in [1.165, 1.54) is 12.1 Å². The highest BCUT2D eigenvalue weighted by molar-refractivity contribution is 7.26. The van der Waals surface area contributed by atoms with Crippen LogP contribution in [0.15, 0.2) is 24.3 Å². The number of halogens is 4. The largest absolute Gasteiger partial charge is 0.416 e. The minimum absolute atomic E-state index is 0.629. The summed E-state index contributed by atoms with van der Waals surface area (Å²) < 4.78 is 36.6. The van der Waals surface area contributed by atoms with E-state index in [-0.39, 0.29) is 0 Å². The predicted octanol–water partition coefficient (Wildman–Crippen LogP) is 3.36. The molecule has 0 nitrogen and oxygen atoms in total. The van der Waals surface area contributed by atoms with Gasteiger partial charge in [0.25, 0.3) is 0 Å². The molecule has 0 aliphatic rings. The zero-order valence-electron chi connectivity index (χ0n) is 7.82. The Bertz CT molecular complexity index is 277. The molecule has 0 unspecified atom stereocenters. The summed E-state index contributed by atoms with van der Waals surface area (Å²) in [6.45, 7) is 3.74. The van der Waals surface area contributed by atoms with Gasteiger partial charge < -0.3 is 0 Å². The van der Waals surface area contributed by atoms with Crippen LogP contribution in [0.3, 0.4) is 0 Å². The molecule has 0 radical (unpaired) electrons. The quantitative estimate of drug-likeness (QED) is 0.520. The van der Waals surface area contributed by atoms with Gasteiger partial charge in [0.05, 0.1) is 5.56 Å². The molecule has 0 atom stereocenters. The molecule has 0 saturated carbocycles. The first-order valence-electron chi connectivity index (χ1n) is 4.08. The second-order valence-electron chi connectivity index (χ2n) is 3.55. The number of rotatable bonds is 1. The van der Waals surface area contributed by atoms with Gasteiger partial charge in [-0.2, -0.15) is 24.3 Å². The first-order valence-corrected chi connectivity index (χ1v) is 8.09. The Kier molecular flexibility index (Phi) is 2.97. The van der Waals surface area contributed by atoms with Crippen molar-refractivity contribution in [2.24, 2.45) is 0 Å². The smallest absolute Gasteiger partial charge is 0.166 e. The number of hydrogen-bond donors (Lipinski definition) is 0. The van der Waals surface area contributed by atoms with Crippen LogP contribution >= 0.6 is 11.1 Å². The van der Waals surface area contributed by atoms with Gasteiger partial charge in [-0.3, -0.25) is 0 Å². The van der Waals surface area contributed by atoms with E-state index < -0.39 is 19.1 Å². The van der Waals surface area contributed by atoms with Crippen LogP contribution in [0.25, 0.3) is 0 Å². The van der Waals surface area contributed by atoms with Gasteiger partial charge in [-0.15, -0.1) is 0 Å². The summed E-state index contributed by atoms with van der Waals surface area (Å²) in [6, 6.07) is 5.07. The molecule has 0 fully saturated rings. The van der Waals surface area contributed by atoms with Crippen LogP contribution in [0.1, 0.15) is 5.56 Å². The van der Waals surface area contributed by atoms with Crippen molar-refractivity contribution in [3.8, 4) is 0 Å². The Morgan fingerprint density at radius 2 is 1.50 bits per heavy atom. The zero-order valence-corrected chi connectivity index (χ0v) is 9.58. The van der Waals surface area contributed by atoms with E-state index in [9.17, 15) is 13.2 Å². The molecular weight excluding hydrogens is 229 g/mol. The Balaban J connectivity index is 3.02. The summed E-state index contributed by atoms with van der Waals surface area (Å²) in [5, 5.41) is 0.812. The molecule has 5 heteroatoms. The average Bonchev–Trinajstić information content (AvgIpc) is 2.01. The lowest BCUT2D eigenvalue weighted by Gasteiger charge is -2.14. The zero-order chi connectivity index (χ0) is 11.0. The fourth-order valence-corrected chi connectivity index (χ4v) is 2.39. The van der Waals surface area contributed by atoms with Crippen LogP contribution in [0, 0.1) is 0 Å². The maximum atomic E-state index is 12.2. The third kappa shape index (κ3) is 2.75. The van der Waals surface area contributed by atoms with Crippen molar-refractivity contribution >= 4 is 23.6 Å². The first kappa shape index (κ1) is 11.6. The molecule has 0 aliphatic heterocycles. The van der Waals surface area contributed by atoms with Crippen LogP contribution < -0.4 is 5.19 Å². The normalized spacial score (nSPS) is 13.0. The van der Waals surface area contributed by atoms with Gasteiger partial charge in [0.15, 0.2) is 7.38 Å². The van der Waals surface area contributed by atoms with E-state index >= 15 is 0 Å². The maximum Gasteiger partial charge on any atom is 0.416 e. The van der Waals surface area contributed by atoms with Crippen molar-refractivity contribution in [3.63, 3.8) is 0 Å². The highest BCUT2D eigenvalue weighted by atomic mass is 35.6. The lowest BCUT2D eigenvalue weighted by atomic mass is 10.2. The SMILES string of the molecule is C[Si](C)(Cl)c1ccc(C(F)(F)F)cc1. The molecule has 0 saturated heterocycles. The lowest BCUT2D eigenvalue weighted by molar-refractivity contribution is -0.137. The molecule has 78 valence electrons. The van der Waals surface area contributed by atoms with E-state index in [0.29, 0.717) is 0 Å². The molecule has 0 aliphatic carbocycles. The van der Waals surface area contributed by atoms with E-state index in [0.717, 1.165) is 17.3 Å². The Morgan fingerprint density at radius 1 is 1.07 bits per heavy atom. The van der Waals surface area contributed by atoms with Gasteiger partial charge in [-0.1, -0.05) is 37.4 Å². The van der Waals surface area contributed by atoms with Crippen molar-refractivity contribution in [1.29, 1.82) is 0 Å². The molecule has 1 rings (SSSR count). The fourth-order valence-electron chi connectivity index (χ4n) is 1.06. The summed E-state index contributed by atoms with van der Waals surface area (Å²) in [5.74, 6) is 0.